The van der Waals surface area contributed by atoms with E-state index in [2.05, 4.69) is 5.32 Å². The van der Waals surface area contributed by atoms with Crippen LogP contribution in [0, 0.1) is 0 Å². The fourth-order valence-electron chi connectivity index (χ4n) is 1.07. The third-order valence-electron chi connectivity index (χ3n) is 2.16. The maximum Gasteiger partial charge on any atom is 0.251 e. The largest absolute Gasteiger partial charge is 0.506 e. The van der Waals surface area contributed by atoms with Gasteiger partial charge >= 0.3 is 0 Å². The minimum atomic E-state index is -0.178. The summed E-state index contributed by atoms with van der Waals surface area (Å²) in [5.41, 5.74) is 0.455. The van der Waals surface area contributed by atoms with Crippen LogP contribution in [0.2, 0.25) is 5.02 Å². The second-order valence-corrected chi connectivity index (χ2v) is 5.11. The number of nitrogens with one attached hydrogen (secondary N) is 1. The Labute approximate surface area is 104 Å². The Morgan fingerprint density at radius 2 is 2.31 bits per heavy atom. The van der Waals surface area contributed by atoms with Crippen LogP contribution in [0.1, 0.15) is 17.3 Å². The molecule has 5 heteroatoms. The summed E-state index contributed by atoms with van der Waals surface area (Å²) in [6.07, 6.45) is 1.99. The monoisotopic (exact) mass is 259 g/mol. The van der Waals surface area contributed by atoms with Crippen LogP contribution in [-0.2, 0) is 0 Å². The molecule has 1 aromatic carbocycles. The zero-order valence-electron chi connectivity index (χ0n) is 9.16. The molecule has 0 aliphatic carbocycles. The average molecular weight is 260 g/mol. The molecule has 0 aliphatic rings. The van der Waals surface area contributed by atoms with Gasteiger partial charge in [0.25, 0.3) is 5.91 Å². The molecule has 1 aromatic rings. The molecule has 0 saturated carbocycles. The van der Waals surface area contributed by atoms with Crippen molar-refractivity contribution in [2.24, 2.45) is 0 Å². The Balaban J connectivity index is 2.63. The Morgan fingerprint density at radius 1 is 1.62 bits per heavy atom. The van der Waals surface area contributed by atoms with Gasteiger partial charge in [-0.3, -0.25) is 4.79 Å². The van der Waals surface area contributed by atoms with Crippen LogP contribution in [0.3, 0.4) is 0 Å². The number of thioether (sulfide) groups is 1. The highest BCUT2D eigenvalue weighted by Crippen LogP contribution is 2.23. The van der Waals surface area contributed by atoms with E-state index in [1.54, 1.807) is 17.8 Å². The minimum Gasteiger partial charge on any atom is -0.506 e. The third kappa shape index (κ3) is 3.61. The Morgan fingerprint density at radius 3 is 2.88 bits per heavy atom. The number of phenolic OH excluding ortho intramolecular Hbond substituents is 1. The predicted octanol–water partition coefficient (Wildman–Crippen LogP) is 2.53. The average Bonchev–Trinajstić information content (AvgIpc) is 2.29. The molecule has 0 saturated heterocycles. The highest BCUT2D eigenvalue weighted by Gasteiger charge is 2.09. The number of phenols is 1. The molecule has 1 rings (SSSR count). The van der Waals surface area contributed by atoms with Gasteiger partial charge in [0.2, 0.25) is 0 Å². The van der Waals surface area contributed by atoms with Gasteiger partial charge in [-0.05, 0) is 24.5 Å². The van der Waals surface area contributed by atoms with E-state index in [0.717, 1.165) is 0 Å². The summed E-state index contributed by atoms with van der Waals surface area (Å²) in [6.45, 7) is 2.65. The summed E-state index contributed by atoms with van der Waals surface area (Å²) >= 11 is 7.40. The van der Waals surface area contributed by atoms with Crippen molar-refractivity contribution < 1.29 is 9.90 Å². The Hall–Kier alpha value is -0.870. The third-order valence-corrected chi connectivity index (χ3v) is 3.44. The quantitative estimate of drug-likeness (QED) is 0.874. The molecule has 16 heavy (non-hydrogen) atoms. The van der Waals surface area contributed by atoms with Crippen LogP contribution in [0.4, 0.5) is 0 Å². The van der Waals surface area contributed by atoms with Gasteiger partial charge in [-0.1, -0.05) is 18.5 Å². The number of halogens is 1. The standard InChI is InChI=1S/C11H14ClNO2S/c1-7(16-2)6-13-11(15)8-3-4-10(14)9(12)5-8/h3-5,7,14H,6H2,1-2H3,(H,13,15). The molecular formula is C11H14ClNO2S. The molecule has 0 fully saturated rings. The first kappa shape index (κ1) is 13.2. The van der Waals surface area contributed by atoms with Gasteiger partial charge in [0, 0.05) is 17.4 Å². The summed E-state index contributed by atoms with van der Waals surface area (Å²) in [6, 6.07) is 4.41. The SMILES string of the molecule is CSC(C)CNC(=O)c1ccc(O)c(Cl)c1. The Bertz CT molecular complexity index is 384. The first-order valence-electron chi connectivity index (χ1n) is 4.84. The van der Waals surface area contributed by atoms with Crippen molar-refractivity contribution >= 4 is 29.3 Å². The van der Waals surface area contributed by atoms with Gasteiger partial charge in [0.15, 0.2) is 0 Å². The first-order valence-corrected chi connectivity index (χ1v) is 6.50. The van der Waals surface area contributed by atoms with Gasteiger partial charge in [-0.15, -0.1) is 0 Å². The van der Waals surface area contributed by atoms with Gasteiger partial charge < -0.3 is 10.4 Å². The molecule has 2 N–H and O–H groups in total. The lowest BCUT2D eigenvalue weighted by atomic mass is 10.2. The van der Waals surface area contributed by atoms with E-state index in [1.807, 2.05) is 13.2 Å². The van der Waals surface area contributed by atoms with E-state index in [1.165, 1.54) is 12.1 Å². The number of amides is 1. The van der Waals surface area contributed by atoms with E-state index in [0.29, 0.717) is 17.4 Å². The summed E-state index contributed by atoms with van der Waals surface area (Å²) < 4.78 is 0. The second kappa shape index (κ2) is 6.01. The minimum absolute atomic E-state index is 0.0179. The van der Waals surface area contributed by atoms with Gasteiger partial charge in [-0.2, -0.15) is 11.8 Å². The number of carbonyl (C=O) groups is 1. The highest BCUT2D eigenvalue weighted by molar-refractivity contribution is 7.99. The van der Waals surface area contributed by atoms with E-state index in [-0.39, 0.29) is 16.7 Å². The molecule has 0 bridgehead atoms. The van der Waals surface area contributed by atoms with Crippen LogP contribution in [0.15, 0.2) is 18.2 Å². The van der Waals surface area contributed by atoms with Crippen LogP contribution in [-0.4, -0.2) is 29.1 Å². The molecule has 3 nitrogen and oxygen atoms in total. The highest BCUT2D eigenvalue weighted by atomic mass is 35.5. The van der Waals surface area contributed by atoms with Crippen molar-refractivity contribution in [3.63, 3.8) is 0 Å². The molecular weight excluding hydrogens is 246 g/mol. The van der Waals surface area contributed by atoms with Crippen molar-refractivity contribution in [2.45, 2.75) is 12.2 Å². The van der Waals surface area contributed by atoms with E-state index in [4.69, 9.17) is 11.6 Å². The maximum absolute atomic E-state index is 11.7. The lowest BCUT2D eigenvalue weighted by molar-refractivity contribution is 0.0954. The summed E-state index contributed by atoms with van der Waals surface area (Å²) in [5.74, 6) is -0.196. The van der Waals surface area contributed by atoms with Crippen molar-refractivity contribution in [3.8, 4) is 5.75 Å². The van der Waals surface area contributed by atoms with Crippen LogP contribution in [0.25, 0.3) is 0 Å². The summed E-state index contributed by atoms with van der Waals surface area (Å²) in [5, 5.41) is 12.6. The van der Waals surface area contributed by atoms with Gasteiger partial charge in [0.05, 0.1) is 5.02 Å². The second-order valence-electron chi connectivity index (χ2n) is 3.42. The lowest BCUT2D eigenvalue weighted by Crippen LogP contribution is -2.29. The van der Waals surface area contributed by atoms with Crippen LogP contribution >= 0.6 is 23.4 Å². The van der Waals surface area contributed by atoms with Gasteiger partial charge in [-0.25, -0.2) is 0 Å². The van der Waals surface area contributed by atoms with Crippen LogP contribution in [0.5, 0.6) is 5.75 Å². The van der Waals surface area contributed by atoms with Crippen molar-refractivity contribution in [1.29, 1.82) is 0 Å². The van der Waals surface area contributed by atoms with Crippen molar-refractivity contribution in [2.75, 3.05) is 12.8 Å². The van der Waals surface area contributed by atoms with Crippen LogP contribution < -0.4 is 5.32 Å². The van der Waals surface area contributed by atoms with Gasteiger partial charge in [0.1, 0.15) is 5.75 Å². The topological polar surface area (TPSA) is 49.3 Å². The molecule has 1 unspecified atom stereocenters. The van der Waals surface area contributed by atoms with E-state index >= 15 is 0 Å². The molecule has 0 heterocycles. The fourth-order valence-corrected chi connectivity index (χ4v) is 1.50. The predicted molar refractivity (Wildman–Crippen MR) is 68.4 cm³/mol. The zero-order chi connectivity index (χ0) is 12.1. The molecule has 0 radical (unpaired) electrons. The number of rotatable bonds is 4. The normalized spacial score (nSPS) is 12.2. The molecule has 0 spiro atoms. The summed E-state index contributed by atoms with van der Waals surface area (Å²) in [7, 11) is 0. The zero-order valence-corrected chi connectivity index (χ0v) is 10.7. The number of hydrogen-bond acceptors (Lipinski definition) is 3. The number of aromatic hydroxyl groups is 1. The molecule has 1 amide bonds. The smallest absolute Gasteiger partial charge is 0.251 e. The lowest BCUT2D eigenvalue weighted by Gasteiger charge is -2.10. The number of carbonyl (C=O) groups excluding carboxylic acids is 1. The summed E-state index contributed by atoms with van der Waals surface area (Å²) in [4.78, 5) is 11.7. The fraction of sp³-hybridized carbons (Fsp3) is 0.364. The van der Waals surface area contributed by atoms with E-state index < -0.39 is 0 Å². The number of benzene rings is 1. The first-order chi connectivity index (χ1) is 7.54. The Kier molecular flexibility index (Phi) is 4.96. The van der Waals surface area contributed by atoms with Crippen molar-refractivity contribution in [3.05, 3.63) is 28.8 Å². The number of hydrogen-bond donors (Lipinski definition) is 2. The maximum atomic E-state index is 11.7. The molecule has 1 atom stereocenters. The van der Waals surface area contributed by atoms with E-state index in [9.17, 15) is 9.90 Å². The molecule has 88 valence electrons. The molecule has 0 aliphatic heterocycles. The van der Waals surface area contributed by atoms with Crippen molar-refractivity contribution in [1.82, 2.24) is 5.32 Å². The molecule has 0 aromatic heterocycles.